The zero-order chi connectivity index (χ0) is 22.7. The monoisotopic (exact) mass is 442 g/mol. The van der Waals surface area contributed by atoms with E-state index in [0.29, 0.717) is 18.1 Å². The molecule has 5 atom stereocenters. The first kappa shape index (κ1) is 20.2. The predicted octanol–water partition coefficient (Wildman–Crippen LogP) is 5.67. The lowest BCUT2D eigenvalue weighted by Crippen LogP contribution is -2.46. The van der Waals surface area contributed by atoms with E-state index >= 15 is 0 Å². The van der Waals surface area contributed by atoms with Crippen molar-refractivity contribution in [2.75, 3.05) is 18.1 Å². The van der Waals surface area contributed by atoms with Gasteiger partial charge in [0.05, 0.1) is 23.1 Å². The first-order chi connectivity index (χ1) is 16.1. The Balaban J connectivity index is 1.55. The Labute approximate surface area is 192 Å². The highest BCUT2D eigenvalue weighted by Gasteiger charge is 2.48. The number of nitro benzene ring substituents is 1. The molecule has 2 aliphatic carbocycles. The number of allylic oxidation sites excluding steroid dienone is 4. The number of carbonyl (C=O) groups is 1. The molecule has 0 N–H and O–H groups in total. The molecule has 2 heterocycles. The third-order valence-electron chi connectivity index (χ3n) is 7.78. The number of rotatable bonds is 4. The van der Waals surface area contributed by atoms with Gasteiger partial charge in [-0.15, -0.1) is 0 Å². The number of non-ortho nitro benzene ring substituents is 1. The van der Waals surface area contributed by atoms with Crippen LogP contribution < -0.4 is 4.90 Å². The van der Waals surface area contributed by atoms with E-state index < -0.39 is 0 Å². The Morgan fingerprint density at radius 2 is 1.88 bits per heavy atom. The molecule has 4 aliphatic rings. The van der Waals surface area contributed by atoms with Gasteiger partial charge < -0.3 is 9.64 Å². The summed E-state index contributed by atoms with van der Waals surface area (Å²) in [7, 11) is 0. The van der Waals surface area contributed by atoms with Gasteiger partial charge in [0.1, 0.15) is 0 Å². The predicted molar refractivity (Wildman–Crippen MR) is 126 cm³/mol. The number of anilines is 1. The van der Waals surface area contributed by atoms with Crippen molar-refractivity contribution in [3.8, 4) is 0 Å². The van der Waals surface area contributed by atoms with Crippen LogP contribution in [-0.4, -0.2) is 24.0 Å². The molecular formula is C27H26N2O4. The topological polar surface area (TPSA) is 72.7 Å². The standard InChI is InChI=1S/C27H26N2O4/c1-2-33-27(30)18-13-23-20-9-4-7-17(20)15-28-25(16-6-3-8-19(12-16)29(31)32)22-11-5-10-21(22)24(14-18)26(23)28/h3-6,8-10,12-14,17,20-22,25H,2,7,11,15H2,1H3/t17-,20-,21+,22-,25-/m0/s1. The van der Waals surface area contributed by atoms with E-state index in [-0.39, 0.29) is 40.4 Å². The fraction of sp³-hybridized carbons (Fsp3) is 0.370. The Hall–Kier alpha value is -3.41. The zero-order valence-electron chi connectivity index (χ0n) is 18.5. The lowest BCUT2D eigenvalue weighted by atomic mass is 9.70. The van der Waals surface area contributed by atoms with Crippen molar-refractivity contribution in [2.24, 2.45) is 11.8 Å². The molecule has 2 aromatic carbocycles. The number of ether oxygens (including phenoxy) is 1. The summed E-state index contributed by atoms with van der Waals surface area (Å²) >= 11 is 0. The molecule has 0 saturated heterocycles. The first-order valence-corrected chi connectivity index (χ1v) is 11.8. The van der Waals surface area contributed by atoms with Gasteiger partial charge in [-0.25, -0.2) is 4.79 Å². The Bertz CT molecular complexity index is 1200. The number of esters is 1. The van der Waals surface area contributed by atoms with Crippen LogP contribution in [0.3, 0.4) is 0 Å². The minimum atomic E-state index is -0.311. The summed E-state index contributed by atoms with van der Waals surface area (Å²) < 4.78 is 5.36. The van der Waals surface area contributed by atoms with Crippen molar-refractivity contribution in [1.29, 1.82) is 0 Å². The summed E-state index contributed by atoms with van der Waals surface area (Å²) in [4.78, 5) is 26.4. The summed E-state index contributed by atoms with van der Waals surface area (Å²) in [5.74, 6) is 0.907. The maximum Gasteiger partial charge on any atom is 0.338 e. The second-order valence-corrected chi connectivity index (χ2v) is 9.48. The van der Waals surface area contributed by atoms with E-state index in [9.17, 15) is 14.9 Å². The Morgan fingerprint density at radius 3 is 2.67 bits per heavy atom. The van der Waals surface area contributed by atoms with Crippen LogP contribution in [-0.2, 0) is 4.74 Å². The van der Waals surface area contributed by atoms with Crippen LogP contribution in [0.2, 0.25) is 0 Å². The van der Waals surface area contributed by atoms with Gasteiger partial charge in [0.2, 0.25) is 0 Å². The summed E-state index contributed by atoms with van der Waals surface area (Å²) in [6, 6.07) is 11.3. The molecule has 2 aromatic rings. The SMILES string of the molecule is CCOC(=O)c1cc2c3c(c1)[C@@H]1C=CC[C@@H]1[C@H](c1cccc([N+](=O)[O-])c1)N3C[C@@H]1CC=C[C@H]21. The molecule has 6 heteroatoms. The third-order valence-corrected chi connectivity index (χ3v) is 7.78. The summed E-state index contributed by atoms with van der Waals surface area (Å²) in [5, 5.41) is 11.5. The number of fused-ring (bicyclic) bond motifs is 4. The van der Waals surface area contributed by atoms with Crippen molar-refractivity contribution in [3.05, 3.63) is 93.1 Å². The van der Waals surface area contributed by atoms with E-state index in [1.165, 1.54) is 16.8 Å². The number of hydrogen-bond donors (Lipinski definition) is 0. The molecule has 0 fully saturated rings. The smallest absolute Gasteiger partial charge is 0.338 e. The minimum Gasteiger partial charge on any atom is -0.462 e. The maximum absolute atomic E-state index is 12.7. The van der Waals surface area contributed by atoms with Gasteiger partial charge >= 0.3 is 5.97 Å². The fourth-order valence-corrected chi connectivity index (χ4v) is 6.51. The molecule has 0 saturated carbocycles. The number of benzene rings is 2. The van der Waals surface area contributed by atoms with Crippen LogP contribution in [0.15, 0.2) is 60.7 Å². The van der Waals surface area contributed by atoms with E-state index in [1.807, 2.05) is 25.1 Å². The molecule has 168 valence electrons. The highest BCUT2D eigenvalue weighted by atomic mass is 16.6. The van der Waals surface area contributed by atoms with Gasteiger partial charge in [-0.1, -0.05) is 36.4 Å². The number of carbonyl (C=O) groups excluding carboxylic acids is 1. The third kappa shape index (κ3) is 3.04. The number of nitro groups is 1. The molecule has 0 radical (unpaired) electrons. The van der Waals surface area contributed by atoms with E-state index in [2.05, 4.69) is 29.2 Å². The molecular weight excluding hydrogens is 416 g/mol. The van der Waals surface area contributed by atoms with Crippen LogP contribution in [0.4, 0.5) is 11.4 Å². The first-order valence-electron chi connectivity index (χ1n) is 11.8. The van der Waals surface area contributed by atoms with Crippen molar-refractivity contribution >= 4 is 17.3 Å². The lowest BCUT2D eigenvalue weighted by molar-refractivity contribution is -0.384. The second-order valence-electron chi connectivity index (χ2n) is 9.48. The van der Waals surface area contributed by atoms with Crippen molar-refractivity contribution in [1.82, 2.24) is 0 Å². The van der Waals surface area contributed by atoms with Gasteiger partial charge in [0.15, 0.2) is 0 Å². The van der Waals surface area contributed by atoms with E-state index in [0.717, 1.165) is 24.9 Å². The molecule has 33 heavy (non-hydrogen) atoms. The number of hydrogen-bond acceptors (Lipinski definition) is 5. The van der Waals surface area contributed by atoms with Crippen LogP contribution in [0.1, 0.15) is 64.7 Å². The zero-order valence-corrected chi connectivity index (χ0v) is 18.5. The summed E-state index contributed by atoms with van der Waals surface area (Å²) in [6.45, 7) is 3.09. The molecule has 0 unspecified atom stereocenters. The molecule has 0 bridgehead atoms. The molecule has 6 rings (SSSR count). The van der Waals surface area contributed by atoms with Crippen molar-refractivity contribution in [3.63, 3.8) is 0 Å². The summed E-state index contributed by atoms with van der Waals surface area (Å²) in [6.07, 6.45) is 10.9. The van der Waals surface area contributed by atoms with Crippen LogP contribution >= 0.6 is 0 Å². The number of nitrogens with zero attached hydrogens (tertiary/aromatic N) is 2. The fourth-order valence-electron chi connectivity index (χ4n) is 6.51. The quantitative estimate of drug-likeness (QED) is 0.264. The molecule has 0 aromatic heterocycles. The van der Waals surface area contributed by atoms with Crippen molar-refractivity contribution in [2.45, 2.75) is 37.6 Å². The van der Waals surface area contributed by atoms with Gasteiger partial charge in [-0.2, -0.15) is 0 Å². The van der Waals surface area contributed by atoms with Gasteiger partial charge in [-0.05, 0) is 60.4 Å². The van der Waals surface area contributed by atoms with Gasteiger partial charge in [0.25, 0.3) is 5.69 Å². The van der Waals surface area contributed by atoms with E-state index in [4.69, 9.17) is 4.74 Å². The molecule has 6 nitrogen and oxygen atoms in total. The highest BCUT2D eigenvalue weighted by Crippen LogP contribution is 2.59. The maximum atomic E-state index is 12.7. The minimum absolute atomic E-state index is 0.0612. The van der Waals surface area contributed by atoms with Crippen LogP contribution in [0, 0.1) is 22.0 Å². The normalized spacial score (nSPS) is 28.3. The van der Waals surface area contributed by atoms with Crippen LogP contribution in [0.25, 0.3) is 0 Å². The van der Waals surface area contributed by atoms with Crippen LogP contribution in [0.5, 0.6) is 0 Å². The largest absolute Gasteiger partial charge is 0.462 e. The second kappa shape index (κ2) is 7.58. The summed E-state index contributed by atoms with van der Waals surface area (Å²) in [5.41, 5.74) is 5.35. The Kier molecular flexibility index (Phi) is 4.64. The Morgan fingerprint density at radius 1 is 1.12 bits per heavy atom. The van der Waals surface area contributed by atoms with Gasteiger partial charge in [0, 0.05) is 36.2 Å². The highest BCUT2D eigenvalue weighted by molar-refractivity contribution is 5.92. The molecule has 0 spiro atoms. The molecule has 0 amide bonds. The average molecular weight is 443 g/mol. The average Bonchev–Trinajstić information content (AvgIpc) is 3.49. The van der Waals surface area contributed by atoms with E-state index in [1.54, 1.807) is 18.2 Å². The molecule has 2 aliphatic heterocycles. The van der Waals surface area contributed by atoms with Gasteiger partial charge in [-0.3, -0.25) is 10.1 Å². The lowest BCUT2D eigenvalue weighted by Gasteiger charge is -2.51. The van der Waals surface area contributed by atoms with Crippen molar-refractivity contribution < 1.29 is 14.5 Å².